The molecule has 0 aliphatic rings. The van der Waals surface area contributed by atoms with Gasteiger partial charge in [0.2, 0.25) is 0 Å². The van der Waals surface area contributed by atoms with Crippen LogP contribution >= 0.6 is 31.9 Å². The van der Waals surface area contributed by atoms with Gasteiger partial charge in [0.25, 0.3) is 5.91 Å². The van der Waals surface area contributed by atoms with Gasteiger partial charge in [-0.25, -0.2) is 5.43 Å². The Morgan fingerprint density at radius 1 is 1.30 bits per heavy atom. The Morgan fingerprint density at radius 2 is 2.00 bits per heavy atom. The third kappa shape index (κ3) is 3.64. The maximum Gasteiger partial charge on any atom is 0.271 e. The molecule has 0 radical (unpaired) electrons. The number of hydrogen-bond acceptors (Lipinski definition) is 4. The van der Waals surface area contributed by atoms with Crippen LogP contribution in [0.15, 0.2) is 50.7 Å². The van der Waals surface area contributed by atoms with Crippen LogP contribution < -0.4 is 5.43 Å². The van der Waals surface area contributed by atoms with Gasteiger partial charge in [-0.1, -0.05) is 15.9 Å². The van der Waals surface area contributed by atoms with Crippen LogP contribution in [0.3, 0.4) is 0 Å². The van der Waals surface area contributed by atoms with Crippen molar-refractivity contribution < 1.29 is 9.90 Å². The van der Waals surface area contributed by atoms with E-state index in [1.807, 2.05) is 0 Å². The number of aromatic hydroxyl groups is 1. The van der Waals surface area contributed by atoms with Gasteiger partial charge in [0.05, 0.1) is 10.7 Å². The first-order valence-electron chi connectivity index (χ1n) is 5.49. The lowest BCUT2D eigenvalue weighted by Gasteiger charge is -2.03. The fourth-order valence-electron chi connectivity index (χ4n) is 1.41. The first kappa shape index (κ1) is 14.7. The van der Waals surface area contributed by atoms with Crippen LogP contribution in [0.5, 0.6) is 5.75 Å². The monoisotopic (exact) mass is 397 g/mol. The number of phenols is 1. The van der Waals surface area contributed by atoms with E-state index in [4.69, 9.17) is 0 Å². The molecule has 102 valence electrons. The van der Waals surface area contributed by atoms with Gasteiger partial charge < -0.3 is 5.11 Å². The maximum absolute atomic E-state index is 11.7. The number of rotatable bonds is 3. The van der Waals surface area contributed by atoms with Crippen LogP contribution in [0, 0.1) is 0 Å². The zero-order valence-electron chi connectivity index (χ0n) is 10.0. The quantitative estimate of drug-likeness (QED) is 0.616. The molecule has 0 aliphatic carbocycles. The Balaban J connectivity index is 2.10. The lowest BCUT2D eigenvalue weighted by molar-refractivity contribution is 0.0955. The van der Waals surface area contributed by atoms with E-state index in [1.165, 1.54) is 18.6 Å². The molecule has 5 nitrogen and oxygen atoms in total. The summed E-state index contributed by atoms with van der Waals surface area (Å²) in [6.07, 6.45) is 4.41. The standard InChI is InChI=1S/C13H9Br2N3O2/c14-10-5-9(12(19)11(15)6-10)7-17-18-13(20)8-1-3-16-4-2-8/h1-7,19H,(H,18,20)/b17-7-. The number of carbonyl (C=O) groups is 1. The first-order chi connectivity index (χ1) is 9.58. The molecule has 0 bridgehead atoms. The maximum atomic E-state index is 11.7. The lowest BCUT2D eigenvalue weighted by atomic mass is 10.2. The van der Waals surface area contributed by atoms with Gasteiger partial charge in [0.1, 0.15) is 5.75 Å². The number of hydrogen-bond donors (Lipinski definition) is 2. The highest BCUT2D eigenvalue weighted by atomic mass is 79.9. The van der Waals surface area contributed by atoms with Crippen molar-refractivity contribution in [1.29, 1.82) is 0 Å². The highest BCUT2D eigenvalue weighted by molar-refractivity contribution is 9.11. The summed E-state index contributed by atoms with van der Waals surface area (Å²) in [6, 6.07) is 6.56. The minimum atomic E-state index is -0.350. The number of carbonyl (C=O) groups excluding carboxylic acids is 1. The van der Waals surface area contributed by atoms with Crippen molar-refractivity contribution in [3.8, 4) is 5.75 Å². The Labute approximate surface area is 132 Å². The highest BCUT2D eigenvalue weighted by Crippen LogP contribution is 2.30. The lowest BCUT2D eigenvalue weighted by Crippen LogP contribution is -2.17. The summed E-state index contributed by atoms with van der Waals surface area (Å²) in [5.41, 5.74) is 3.30. The third-order valence-electron chi connectivity index (χ3n) is 2.37. The summed E-state index contributed by atoms with van der Waals surface area (Å²) in [7, 11) is 0. The van der Waals surface area contributed by atoms with Crippen molar-refractivity contribution in [2.45, 2.75) is 0 Å². The van der Waals surface area contributed by atoms with Crippen molar-refractivity contribution in [2.24, 2.45) is 5.10 Å². The van der Waals surface area contributed by atoms with E-state index in [2.05, 4.69) is 47.4 Å². The van der Waals surface area contributed by atoms with E-state index in [-0.39, 0.29) is 11.7 Å². The van der Waals surface area contributed by atoms with Crippen LogP contribution in [-0.4, -0.2) is 22.2 Å². The number of amides is 1. The number of pyridine rings is 1. The molecule has 1 aromatic heterocycles. The molecule has 2 N–H and O–H groups in total. The van der Waals surface area contributed by atoms with Crippen molar-refractivity contribution >= 4 is 44.0 Å². The summed E-state index contributed by atoms with van der Waals surface area (Å²) >= 11 is 6.53. The number of aromatic nitrogens is 1. The molecule has 2 aromatic rings. The third-order valence-corrected chi connectivity index (χ3v) is 3.43. The second kappa shape index (κ2) is 6.62. The average molecular weight is 399 g/mol. The molecular formula is C13H9Br2N3O2. The van der Waals surface area contributed by atoms with Gasteiger partial charge in [-0.05, 0) is 40.2 Å². The van der Waals surface area contributed by atoms with E-state index < -0.39 is 0 Å². The Hall–Kier alpha value is -1.73. The Kier molecular flexibility index (Phi) is 4.86. The largest absolute Gasteiger partial charge is 0.506 e. The number of halogens is 2. The molecule has 0 saturated heterocycles. The van der Waals surface area contributed by atoms with Gasteiger partial charge >= 0.3 is 0 Å². The fraction of sp³-hybridized carbons (Fsp3) is 0. The summed E-state index contributed by atoms with van der Waals surface area (Å²) in [5.74, 6) is -0.299. The van der Waals surface area contributed by atoms with Crippen LogP contribution in [0.2, 0.25) is 0 Å². The van der Waals surface area contributed by atoms with E-state index >= 15 is 0 Å². The summed E-state index contributed by atoms with van der Waals surface area (Å²) in [5, 5.41) is 13.6. The van der Waals surface area contributed by atoms with E-state index in [9.17, 15) is 9.90 Å². The smallest absolute Gasteiger partial charge is 0.271 e. The molecule has 1 heterocycles. The SMILES string of the molecule is O=C(N/N=C\c1cc(Br)cc(Br)c1O)c1ccncc1. The molecule has 7 heteroatoms. The van der Waals surface area contributed by atoms with Crippen LogP contribution in [0.1, 0.15) is 15.9 Å². The number of phenolic OH excluding ortho intramolecular Hbond substituents is 1. The van der Waals surface area contributed by atoms with Crippen LogP contribution in [0.25, 0.3) is 0 Å². The molecule has 2 rings (SSSR count). The van der Waals surface area contributed by atoms with Crippen molar-refractivity contribution in [2.75, 3.05) is 0 Å². The molecule has 1 aromatic carbocycles. The molecule has 0 aliphatic heterocycles. The molecule has 1 amide bonds. The second-order valence-corrected chi connectivity index (χ2v) is 5.53. The number of nitrogens with one attached hydrogen (secondary N) is 1. The zero-order valence-corrected chi connectivity index (χ0v) is 13.2. The second-order valence-electron chi connectivity index (χ2n) is 3.76. The van der Waals surface area contributed by atoms with Gasteiger partial charge in [-0.2, -0.15) is 5.10 Å². The molecule has 20 heavy (non-hydrogen) atoms. The minimum absolute atomic E-state index is 0.0510. The topological polar surface area (TPSA) is 74.6 Å². The molecule has 0 saturated carbocycles. The molecule has 0 atom stereocenters. The van der Waals surface area contributed by atoms with Gasteiger partial charge in [-0.15, -0.1) is 0 Å². The molecule has 0 unspecified atom stereocenters. The van der Waals surface area contributed by atoms with Crippen molar-refractivity contribution in [3.05, 3.63) is 56.7 Å². The Morgan fingerprint density at radius 3 is 2.70 bits per heavy atom. The Bertz CT molecular complexity index is 660. The van der Waals surface area contributed by atoms with Gasteiger partial charge in [-0.3, -0.25) is 9.78 Å². The average Bonchev–Trinajstić information content (AvgIpc) is 2.44. The zero-order chi connectivity index (χ0) is 14.5. The van der Waals surface area contributed by atoms with Crippen LogP contribution in [-0.2, 0) is 0 Å². The summed E-state index contributed by atoms with van der Waals surface area (Å²) < 4.78 is 1.32. The van der Waals surface area contributed by atoms with Crippen LogP contribution in [0.4, 0.5) is 0 Å². The number of hydrazone groups is 1. The van der Waals surface area contributed by atoms with Gasteiger partial charge in [0.15, 0.2) is 0 Å². The molecule has 0 fully saturated rings. The number of benzene rings is 1. The predicted octanol–water partition coefficient (Wildman–Crippen LogP) is 3.08. The first-order valence-corrected chi connectivity index (χ1v) is 7.08. The fourth-order valence-corrected chi connectivity index (χ4v) is 2.67. The van der Waals surface area contributed by atoms with Gasteiger partial charge in [0, 0.05) is 28.0 Å². The predicted molar refractivity (Wildman–Crippen MR) is 82.8 cm³/mol. The normalized spacial score (nSPS) is 10.7. The summed E-state index contributed by atoms with van der Waals surface area (Å²) in [6.45, 7) is 0. The molecule has 0 spiro atoms. The highest BCUT2D eigenvalue weighted by Gasteiger charge is 2.06. The minimum Gasteiger partial charge on any atom is -0.506 e. The van der Waals surface area contributed by atoms with Crippen molar-refractivity contribution in [1.82, 2.24) is 10.4 Å². The molecular weight excluding hydrogens is 390 g/mol. The van der Waals surface area contributed by atoms with E-state index in [1.54, 1.807) is 24.3 Å². The summed E-state index contributed by atoms with van der Waals surface area (Å²) in [4.78, 5) is 15.5. The number of nitrogens with zero attached hydrogens (tertiary/aromatic N) is 2. The van der Waals surface area contributed by atoms with E-state index in [0.29, 0.717) is 15.6 Å². The van der Waals surface area contributed by atoms with Crippen molar-refractivity contribution in [3.63, 3.8) is 0 Å². The van der Waals surface area contributed by atoms with E-state index in [0.717, 1.165) is 4.47 Å².